The zero-order chi connectivity index (χ0) is 24.3. The lowest BCUT2D eigenvalue weighted by atomic mass is 10.0. The largest absolute Gasteiger partial charge is 0.393 e. The van der Waals surface area contributed by atoms with Gasteiger partial charge in [0.05, 0.1) is 11.1 Å². The number of carbonyl (C=O) groups excluding carboxylic acids is 4. The Labute approximate surface area is 175 Å². The molecule has 1 N–H and O–H groups in total. The van der Waals surface area contributed by atoms with Crippen molar-refractivity contribution >= 4 is 23.6 Å². The Morgan fingerprint density at radius 2 is 1.34 bits per heavy atom. The second-order valence-electron chi connectivity index (χ2n) is 6.16. The molecule has 0 saturated carbocycles. The Bertz CT molecular complexity index is 1030. The van der Waals surface area contributed by atoms with E-state index in [1.165, 1.54) is 6.20 Å². The van der Waals surface area contributed by atoms with Crippen LogP contribution in [0.25, 0.3) is 0 Å². The van der Waals surface area contributed by atoms with Gasteiger partial charge in [-0.3, -0.25) is 39.4 Å². The normalized spacial score (nSPS) is 12.1. The molecule has 2 heterocycles. The van der Waals surface area contributed by atoms with Gasteiger partial charge in [0.25, 0.3) is 11.8 Å². The second-order valence-corrected chi connectivity index (χ2v) is 6.16. The minimum Gasteiger partial charge on any atom is -0.287 e. The summed E-state index contributed by atoms with van der Waals surface area (Å²) < 4.78 is 84.6. The lowest BCUT2D eigenvalue weighted by molar-refractivity contribution is -0.288. The number of halogens is 6. The van der Waals surface area contributed by atoms with Gasteiger partial charge in [0.15, 0.2) is 0 Å². The number of hydrogen-bond acceptors (Lipinski definition) is 6. The molecule has 14 heteroatoms. The molecule has 2 aromatic heterocycles. The quantitative estimate of drug-likeness (QED) is 0.658. The van der Waals surface area contributed by atoms with Gasteiger partial charge in [0.2, 0.25) is 0 Å². The molecule has 0 spiro atoms. The third-order valence-corrected chi connectivity index (χ3v) is 4.01. The maximum atomic E-state index is 14.2. The maximum absolute atomic E-state index is 14.2. The van der Waals surface area contributed by atoms with Crippen LogP contribution in [-0.4, -0.2) is 63.3 Å². The van der Waals surface area contributed by atoms with E-state index in [9.17, 15) is 45.5 Å². The van der Waals surface area contributed by atoms with E-state index < -0.39 is 57.4 Å². The van der Waals surface area contributed by atoms with Gasteiger partial charge in [-0.1, -0.05) is 0 Å². The van der Waals surface area contributed by atoms with E-state index in [0.29, 0.717) is 7.05 Å². The summed E-state index contributed by atoms with van der Waals surface area (Å²) in [5.74, 6) is -28.4. The van der Waals surface area contributed by atoms with Crippen molar-refractivity contribution in [2.24, 2.45) is 0 Å². The van der Waals surface area contributed by atoms with Gasteiger partial charge in [0, 0.05) is 31.8 Å². The molecule has 2 rings (SSSR count). The number of nitrogens with one attached hydrogen (secondary N) is 1. The Morgan fingerprint density at radius 3 is 1.81 bits per heavy atom. The summed E-state index contributed by atoms with van der Waals surface area (Å²) in [6, 6.07) is 4.29. The van der Waals surface area contributed by atoms with E-state index >= 15 is 0 Å². The van der Waals surface area contributed by atoms with Gasteiger partial charge in [-0.05, 0) is 24.3 Å². The van der Waals surface area contributed by atoms with Crippen LogP contribution in [0.5, 0.6) is 0 Å². The van der Waals surface area contributed by atoms with Crippen LogP contribution in [0, 0.1) is 0 Å². The molecule has 0 aliphatic heterocycles. The van der Waals surface area contributed by atoms with Gasteiger partial charge in [-0.25, -0.2) is 0 Å². The number of pyridine rings is 2. The van der Waals surface area contributed by atoms with Crippen molar-refractivity contribution in [3.8, 4) is 0 Å². The molecule has 0 aliphatic carbocycles. The summed E-state index contributed by atoms with van der Waals surface area (Å²) in [6.45, 7) is 0. The summed E-state index contributed by atoms with van der Waals surface area (Å²) in [4.78, 5) is 53.5. The molecule has 170 valence electrons. The molecule has 0 fully saturated rings. The maximum Gasteiger partial charge on any atom is 0.393 e. The molecule has 4 amide bonds. The zero-order valence-electron chi connectivity index (χ0n) is 15.9. The molecule has 32 heavy (non-hydrogen) atoms. The molecule has 0 radical (unpaired) electrons. The van der Waals surface area contributed by atoms with Crippen molar-refractivity contribution in [2.45, 2.75) is 17.8 Å². The first-order valence-corrected chi connectivity index (χ1v) is 8.37. The van der Waals surface area contributed by atoms with Crippen LogP contribution >= 0.6 is 0 Å². The standard InChI is InChI=1S/C18H12F6N4O4/c1-28(13(30)11-5-3-7-26-9-11)15(32)17(21,22)18(23,24)16(19,20)14(31)27-12(29)10-4-2-6-25-8-10/h2-9H,1H3,(H,27,29,31). The van der Waals surface area contributed by atoms with Crippen LogP contribution in [0.2, 0.25) is 0 Å². The van der Waals surface area contributed by atoms with Crippen LogP contribution < -0.4 is 5.32 Å². The lowest BCUT2D eigenvalue weighted by Gasteiger charge is -2.32. The molecule has 0 unspecified atom stereocenters. The van der Waals surface area contributed by atoms with Crippen LogP contribution in [0.1, 0.15) is 20.7 Å². The first-order valence-electron chi connectivity index (χ1n) is 8.37. The number of hydrogen-bond donors (Lipinski definition) is 1. The average molecular weight is 462 g/mol. The summed E-state index contributed by atoms with van der Waals surface area (Å²) in [6.07, 6.45) is 3.94. The van der Waals surface area contributed by atoms with Crippen molar-refractivity contribution in [3.63, 3.8) is 0 Å². The topological polar surface area (TPSA) is 109 Å². The van der Waals surface area contributed by atoms with Crippen LogP contribution in [0.3, 0.4) is 0 Å². The first kappa shape index (κ1) is 24.4. The molecule has 0 atom stereocenters. The molecule has 2 aromatic rings. The summed E-state index contributed by atoms with van der Waals surface area (Å²) in [5.41, 5.74) is -0.987. The third kappa shape index (κ3) is 4.29. The van der Waals surface area contributed by atoms with E-state index in [2.05, 4.69) is 9.97 Å². The highest BCUT2D eigenvalue weighted by Gasteiger charge is 2.78. The number of nitrogens with zero attached hydrogens (tertiary/aromatic N) is 3. The molecule has 0 bridgehead atoms. The summed E-state index contributed by atoms with van der Waals surface area (Å²) in [7, 11) is 0.353. The Balaban J connectivity index is 2.27. The highest BCUT2D eigenvalue weighted by atomic mass is 19.3. The minimum atomic E-state index is -6.63. The van der Waals surface area contributed by atoms with Gasteiger partial charge in [-0.15, -0.1) is 0 Å². The van der Waals surface area contributed by atoms with Gasteiger partial charge in [-0.2, -0.15) is 26.3 Å². The van der Waals surface area contributed by atoms with E-state index in [1.54, 1.807) is 0 Å². The number of carbonyl (C=O) groups is 4. The van der Waals surface area contributed by atoms with Gasteiger partial charge in [0.1, 0.15) is 0 Å². The average Bonchev–Trinajstić information content (AvgIpc) is 2.78. The highest BCUT2D eigenvalue weighted by Crippen LogP contribution is 2.46. The SMILES string of the molecule is CN(C(=O)c1cccnc1)C(=O)C(F)(F)C(F)(F)C(F)(F)C(=O)NC(=O)c1cccnc1. The second kappa shape index (κ2) is 8.72. The van der Waals surface area contributed by atoms with Crippen LogP contribution in [0.4, 0.5) is 26.3 Å². The predicted octanol–water partition coefficient (Wildman–Crippen LogP) is 1.94. The lowest BCUT2D eigenvalue weighted by Crippen LogP contribution is -2.65. The Hall–Kier alpha value is -3.84. The van der Waals surface area contributed by atoms with Crippen molar-refractivity contribution < 1.29 is 45.5 Å². The molecule has 0 aliphatic rings. The van der Waals surface area contributed by atoms with E-state index in [4.69, 9.17) is 0 Å². The van der Waals surface area contributed by atoms with Crippen molar-refractivity contribution in [1.29, 1.82) is 0 Å². The molecule has 8 nitrogen and oxygen atoms in total. The Kier molecular flexibility index (Phi) is 6.66. The smallest absolute Gasteiger partial charge is 0.287 e. The first-order chi connectivity index (χ1) is 14.7. The number of amides is 4. The Morgan fingerprint density at radius 1 is 0.844 bits per heavy atom. The van der Waals surface area contributed by atoms with Gasteiger partial charge >= 0.3 is 29.6 Å². The predicted molar refractivity (Wildman–Crippen MR) is 92.9 cm³/mol. The van der Waals surface area contributed by atoms with Crippen LogP contribution in [0.15, 0.2) is 49.1 Å². The summed E-state index contributed by atoms with van der Waals surface area (Å²) >= 11 is 0. The van der Waals surface area contributed by atoms with Gasteiger partial charge < -0.3 is 0 Å². The van der Waals surface area contributed by atoms with Crippen molar-refractivity contribution in [2.75, 3.05) is 7.05 Å². The van der Waals surface area contributed by atoms with E-state index in [-0.39, 0.29) is 0 Å². The number of aromatic nitrogens is 2. The van der Waals surface area contributed by atoms with Crippen molar-refractivity contribution in [3.05, 3.63) is 60.2 Å². The molecule has 0 saturated heterocycles. The van der Waals surface area contributed by atoms with Crippen molar-refractivity contribution in [1.82, 2.24) is 20.2 Å². The minimum absolute atomic E-state index is 0.353. The van der Waals surface area contributed by atoms with E-state index in [1.807, 2.05) is 0 Å². The number of rotatable bonds is 6. The number of alkyl halides is 6. The summed E-state index contributed by atoms with van der Waals surface area (Å²) in [5, 5.41) is 0.850. The highest BCUT2D eigenvalue weighted by molar-refractivity contribution is 6.08. The fourth-order valence-corrected chi connectivity index (χ4v) is 2.21. The zero-order valence-corrected chi connectivity index (χ0v) is 15.9. The monoisotopic (exact) mass is 462 g/mol. The fourth-order valence-electron chi connectivity index (χ4n) is 2.21. The molecular weight excluding hydrogens is 450 g/mol. The third-order valence-electron chi connectivity index (χ3n) is 4.01. The molecule has 0 aromatic carbocycles. The number of imide groups is 2. The molecular formula is C18H12F6N4O4. The van der Waals surface area contributed by atoms with E-state index in [0.717, 1.165) is 48.2 Å². The van der Waals surface area contributed by atoms with Crippen LogP contribution in [-0.2, 0) is 9.59 Å². The fraction of sp³-hybridized carbons (Fsp3) is 0.222.